The summed E-state index contributed by atoms with van der Waals surface area (Å²) in [6.07, 6.45) is 2.67. The number of anilines is 3. The van der Waals surface area contributed by atoms with Crippen LogP contribution < -0.4 is 15.1 Å². The van der Waals surface area contributed by atoms with Gasteiger partial charge in [-0.3, -0.25) is 0 Å². The third-order valence-corrected chi connectivity index (χ3v) is 9.24. The van der Waals surface area contributed by atoms with Gasteiger partial charge in [0.15, 0.2) is 10.9 Å². The number of benzene rings is 1. The minimum Gasteiger partial charge on any atom is -0.345 e. The summed E-state index contributed by atoms with van der Waals surface area (Å²) < 4.78 is 1.90. The van der Waals surface area contributed by atoms with Gasteiger partial charge in [0.05, 0.1) is 11.7 Å². The lowest BCUT2D eigenvalue weighted by atomic mass is 10.0. The van der Waals surface area contributed by atoms with E-state index in [9.17, 15) is 10.1 Å². The molecule has 1 saturated heterocycles. The van der Waals surface area contributed by atoms with Crippen molar-refractivity contribution in [1.82, 2.24) is 29.8 Å². The molecular weight excluding hydrogens is 555 g/mol. The zero-order valence-electron chi connectivity index (χ0n) is 24.7. The molecule has 4 heterocycles. The Morgan fingerprint density at radius 2 is 1.93 bits per heavy atom. The molecule has 0 saturated carbocycles. The first kappa shape index (κ1) is 28.8. The summed E-state index contributed by atoms with van der Waals surface area (Å²) in [5.74, 6) is 0.855. The smallest absolute Gasteiger partial charge is 0.317 e. The van der Waals surface area contributed by atoms with Crippen molar-refractivity contribution in [3.8, 4) is 17.3 Å². The molecule has 0 aliphatic carbocycles. The van der Waals surface area contributed by atoms with E-state index in [0.29, 0.717) is 22.2 Å². The first-order chi connectivity index (χ1) is 19.5. The number of hydrogen-bond donors (Lipinski definition) is 1. The fourth-order valence-corrected chi connectivity index (χ4v) is 6.81. The number of aromatic nitrogens is 4. The quantitative estimate of drug-likeness (QED) is 0.301. The van der Waals surface area contributed by atoms with Crippen molar-refractivity contribution in [2.24, 2.45) is 0 Å². The number of amides is 2. The maximum Gasteiger partial charge on any atom is 0.317 e. The predicted octanol–water partition coefficient (Wildman–Crippen LogP) is 5.83. The van der Waals surface area contributed by atoms with E-state index >= 15 is 0 Å². The molecule has 1 aliphatic heterocycles. The van der Waals surface area contributed by atoms with E-state index < -0.39 is 0 Å². The second kappa shape index (κ2) is 11.3. The Bertz CT molecular complexity index is 1590. The largest absolute Gasteiger partial charge is 0.345 e. The Hall–Kier alpha value is -3.69. The molecule has 10 nitrogen and oxygen atoms in total. The highest BCUT2D eigenvalue weighted by Gasteiger charge is 2.30. The van der Waals surface area contributed by atoms with Crippen molar-refractivity contribution in [1.29, 1.82) is 5.26 Å². The molecule has 0 spiro atoms. The molecule has 1 atom stereocenters. The molecular formula is C29H37N9OS2. The number of nitriles is 1. The maximum atomic E-state index is 12.8. The molecule has 1 N–H and O–H groups in total. The summed E-state index contributed by atoms with van der Waals surface area (Å²) in [5.41, 5.74) is 3.42. The van der Waals surface area contributed by atoms with Crippen molar-refractivity contribution in [3.63, 3.8) is 0 Å². The number of imidazole rings is 1. The SMILES string of the molecule is CCc1nc2sc(N3CCCC(N(C)C(=O)NC(C)(C)C)C3)nn2c1N(C)c1nc(-c2ccc(C)cc2)c(C#N)s1. The lowest BCUT2D eigenvalue weighted by Crippen LogP contribution is -2.54. The summed E-state index contributed by atoms with van der Waals surface area (Å²) in [4.78, 5) is 30.1. The van der Waals surface area contributed by atoms with Crippen molar-refractivity contribution in [3.05, 3.63) is 40.4 Å². The molecule has 0 bridgehead atoms. The van der Waals surface area contributed by atoms with Crippen LogP contribution in [0.5, 0.6) is 0 Å². The molecule has 3 aromatic heterocycles. The molecule has 5 rings (SSSR count). The summed E-state index contributed by atoms with van der Waals surface area (Å²) >= 11 is 2.93. The van der Waals surface area contributed by atoms with Gasteiger partial charge in [-0.1, -0.05) is 59.4 Å². The third-order valence-electron chi connectivity index (χ3n) is 7.24. The standard InChI is InChI=1S/C29H37N9OS2/c1-8-21-24(36(7)26-32-23(22(16-30)40-26)19-13-11-18(2)12-14-19)38-27(31-21)41-28(34-38)37-15-9-10-20(17-37)35(6)25(39)33-29(3,4)5/h11-14,20H,8-10,15,17H2,1-7H3,(H,33,39). The van der Waals surface area contributed by atoms with Crippen LogP contribution in [-0.4, -0.2) is 69.3 Å². The van der Waals surface area contributed by atoms with Crippen LogP contribution >= 0.6 is 22.7 Å². The Balaban J connectivity index is 1.43. The Labute approximate surface area is 249 Å². The van der Waals surface area contributed by atoms with E-state index in [4.69, 9.17) is 15.1 Å². The van der Waals surface area contributed by atoms with Crippen LogP contribution in [-0.2, 0) is 6.42 Å². The topological polar surface area (TPSA) is 106 Å². The number of aryl methyl sites for hydroxylation is 2. The highest BCUT2D eigenvalue weighted by molar-refractivity contribution is 7.20. The molecule has 1 aliphatic rings. The average molecular weight is 592 g/mol. The van der Waals surface area contributed by atoms with Gasteiger partial charge in [0.25, 0.3) is 0 Å². The lowest BCUT2D eigenvalue weighted by molar-refractivity contribution is 0.174. The van der Waals surface area contributed by atoms with Crippen molar-refractivity contribution < 1.29 is 4.79 Å². The number of nitrogens with one attached hydrogen (secondary N) is 1. The van der Waals surface area contributed by atoms with Crippen LogP contribution in [0.4, 0.5) is 20.9 Å². The van der Waals surface area contributed by atoms with Crippen LogP contribution in [0, 0.1) is 18.3 Å². The van der Waals surface area contributed by atoms with Gasteiger partial charge in [-0.15, -0.1) is 5.10 Å². The van der Waals surface area contributed by atoms with Crippen LogP contribution in [0.25, 0.3) is 16.2 Å². The molecule has 216 valence electrons. The predicted molar refractivity (Wildman–Crippen MR) is 167 cm³/mol. The average Bonchev–Trinajstić information content (AvgIpc) is 3.64. The second-order valence-corrected chi connectivity index (χ2v) is 13.5. The molecule has 0 radical (unpaired) electrons. The van der Waals surface area contributed by atoms with Gasteiger partial charge in [0, 0.05) is 38.3 Å². The molecule has 1 unspecified atom stereocenters. The molecule has 1 aromatic carbocycles. The lowest BCUT2D eigenvalue weighted by Gasteiger charge is -2.38. The minimum atomic E-state index is -0.286. The number of nitrogens with zero attached hydrogens (tertiary/aromatic N) is 8. The van der Waals surface area contributed by atoms with Gasteiger partial charge in [-0.05, 0) is 47.0 Å². The third kappa shape index (κ3) is 5.87. The number of rotatable bonds is 6. The zero-order chi connectivity index (χ0) is 29.5. The summed E-state index contributed by atoms with van der Waals surface area (Å²) in [6.45, 7) is 11.7. The van der Waals surface area contributed by atoms with E-state index in [2.05, 4.69) is 23.2 Å². The van der Waals surface area contributed by atoms with Gasteiger partial charge >= 0.3 is 6.03 Å². The minimum absolute atomic E-state index is 0.0556. The molecule has 1 fully saturated rings. The summed E-state index contributed by atoms with van der Waals surface area (Å²) in [6, 6.07) is 10.4. The van der Waals surface area contributed by atoms with Gasteiger partial charge < -0.3 is 20.0 Å². The van der Waals surface area contributed by atoms with E-state index in [1.807, 2.05) is 80.4 Å². The number of hydrogen-bond acceptors (Lipinski definition) is 9. The number of fused-ring (bicyclic) bond motifs is 1. The number of urea groups is 1. The van der Waals surface area contributed by atoms with Crippen molar-refractivity contribution in [2.75, 3.05) is 37.0 Å². The van der Waals surface area contributed by atoms with E-state index in [1.54, 1.807) is 11.3 Å². The van der Waals surface area contributed by atoms with Crippen molar-refractivity contribution in [2.45, 2.75) is 65.5 Å². The van der Waals surface area contributed by atoms with Crippen LogP contribution in [0.2, 0.25) is 0 Å². The van der Waals surface area contributed by atoms with Crippen LogP contribution in [0.3, 0.4) is 0 Å². The number of piperidine rings is 1. The first-order valence-corrected chi connectivity index (χ1v) is 15.5. The first-order valence-electron chi connectivity index (χ1n) is 13.9. The normalized spacial score (nSPS) is 15.7. The number of carbonyl (C=O) groups is 1. The zero-order valence-corrected chi connectivity index (χ0v) is 26.4. The van der Waals surface area contributed by atoms with Crippen molar-refractivity contribution >= 4 is 49.7 Å². The maximum absolute atomic E-state index is 12.8. The molecule has 2 amide bonds. The van der Waals surface area contributed by atoms with E-state index in [0.717, 1.165) is 58.5 Å². The highest BCUT2D eigenvalue weighted by Crippen LogP contribution is 2.38. The molecule has 41 heavy (non-hydrogen) atoms. The molecule has 12 heteroatoms. The fraction of sp³-hybridized carbons (Fsp3) is 0.483. The number of thiazole rings is 1. The van der Waals surface area contributed by atoms with E-state index in [1.165, 1.54) is 11.3 Å². The highest BCUT2D eigenvalue weighted by atomic mass is 32.1. The second-order valence-electron chi connectivity index (χ2n) is 11.6. The van der Waals surface area contributed by atoms with Crippen LogP contribution in [0.1, 0.15) is 56.7 Å². The monoisotopic (exact) mass is 591 g/mol. The summed E-state index contributed by atoms with van der Waals surface area (Å²) in [5, 5.41) is 19.6. The van der Waals surface area contributed by atoms with Gasteiger partial charge in [0.1, 0.15) is 16.6 Å². The van der Waals surface area contributed by atoms with Gasteiger partial charge in [0.2, 0.25) is 10.1 Å². The Morgan fingerprint density at radius 3 is 2.59 bits per heavy atom. The summed E-state index contributed by atoms with van der Waals surface area (Å²) in [7, 11) is 3.83. The Kier molecular flexibility index (Phi) is 7.94. The van der Waals surface area contributed by atoms with Crippen LogP contribution in [0.15, 0.2) is 24.3 Å². The fourth-order valence-electron chi connectivity index (χ4n) is 5.02. The molecule has 4 aromatic rings. The van der Waals surface area contributed by atoms with E-state index in [-0.39, 0.29) is 17.6 Å². The number of likely N-dealkylation sites (N-methyl/N-ethyl adjacent to an activating group) is 1. The van der Waals surface area contributed by atoms with Gasteiger partial charge in [-0.25, -0.2) is 14.8 Å². The number of carbonyl (C=O) groups excluding carboxylic acids is 1. The van der Waals surface area contributed by atoms with Gasteiger partial charge in [-0.2, -0.15) is 9.78 Å². The Morgan fingerprint density at radius 1 is 1.20 bits per heavy atom.